The van der Waals surface area contributed by atoms with Crippen molar-refractivity contribution >= 4 is 34.1 Å². The Balaban J connectivity index is 0. The lowest BCUT2D eigenvalue weighted by atomic mass is 10.3. The van der Waals surface area contributed by atoms with Crippen LogP contribution in [0.25, 0.3) is 0 Å². The third-order valence-corrected chi connectivity index (χ3v) is 1.38. The summed E-state index contributed by atoms with van der Waals surface area (Å²) in [5.41, 5.74) is -1.46. The van der Waals surface area contributed by atoms with E-state index in [0.717, 1.165) is 6.42 Å². The van der Waals surface area contributed by atoms with Crippen molar-refractivity contribution in [1.82, 2.24) is 0 Å². The molecule has 15 heavy (non-hydrogen) atoms. The van der Waals surface area contributed by atoms with E-state index in [-0.39, 0.29) is 12.2 Å². The predicted octanol–water partition coefficient (Wildman–Crippen LogP) is 3.93. The Morgan fingerprint density at radius 1 is 1.07 bits per heavy atom. The van der Waals surface area contributed by atoms with Gasteiger partial charge in [0.15, 0.2) is 0 Å². The van der Waals surface area contributed by atoms with Crippen molar-refractivity contribution in [3.8, 4) is 0 Å². The molecule has 1 unspecified atom stereocenters. The number of carbonyl (C=O) groups excluding carboxylic acids is 2. The largest absolute Gasteiger partial charge is 0.451 e. The van der Waals surface area contributed by atoms with E-state index >= 15 is 0 Å². The summed E-state index contributed by atoms with van der Waals surface area (Å²) in [4.78, 5) is 19.8. The van der Waals surface area contributed by atoms with Gasteiger partial charge >= 0.3 is 10.9 Å². The monoisotopic (exact) mass is 258 g/mol. The lowest BCUT2D eigenvalue weighted by molar-refractivity contribution is 0.129. The number of rotatable bonds is 3. The van der Waals surface area contributed by atoms with Crippen LogP contribution in [-0.4, -0.2) is 23.1 Å². The highest BCUT2D eigenvalue weighted by molar-refractivity contribution is 6.61. The SMILES string of the molecule is CC(C)OC(=O)Cl.CCC(C)OC(=O)Cl. The Morgan fingerprint density at radius 2 is 1.47 bits per heavy atom. The van der Waals surface area contributed by atoms with Gasteiger partial charge in [-0.05, 0) is 27.2 Å². The van der Waals surface area contributed by atoms with Crippen molar-refractivity contribution in [3.05, 3.63) is 0 Å². The van der Waals surface area contributed by atoms with Crippen LogP contribution < -0.4 is 0 Å². The first-order valence-corrected chi connectivity index (χ1v) is 5.27. The fourth-order valence-corrected chi connectivity index (χ4v) is 0.757. The van der Waals surface area contributed by atoms with Crippen molar-refractivity contribution in [2.24, 2.45) is 0 Å². The lowest BCUT2D eigenvalue weighted by Gasteiger charge is -2.05. The molecule has 1 atom stereocenters. The number of halogens is 2. The quantitative estimate of drug-likeness (QED) is 0.720. The van der Waals surface area contributed by atoms with E-state index in [2.05, 4.69) is 9.47 Å². The average molecular weight is 259 g/mol. The molecule has 4 nitrogen and oxygen atoms in total. The first-order valence-electron chi connectivity index (χ1n) is 4.51. The summed E-state index contributed by atoms with van der Waals surface area (Å²) < 4.78 is 8.90. The van der Waals surface area contributed by atoms with Gasteiger partial charge in [0.1, 0.15) is 6.10 Å². The summed E-state index contributed by atoms with van der Waals surface area (Å²) in [7, 11) is 0. The maximum atomic E-state index is 9.96. The zero-order chi connectivity index (χ0) is 12.4. The predicted molar refractivity (Wildman–Crippen MR) is 59.6 cm³/mol. The highest BCUT2D eigenvalue weighted by Gasteiger charge is 2.01. The van der Waals surface area contributed by atoms with Gasteiger partial charge in [-0.15, -0.1) is 0 Å². The minimum Gasteiger partial charge on any atom is -0.451 e. The Kier molecular flexibility index (Phi) is 11.3. The van der Waals surface area contributed by atoms with Gasteiger partial charge < -0.3 is 9.47 Å². The summed E-state index contributed by atoms with van der Waals surface area (Å²) in [6, 6.07) is 0. The molecule has 0 fully saturated rings. The van der Waals surface area contributed by atoms with E-state index in [1.54, 1.807) is 20.8 Å². The molecule has 0 saturated heterocycles. The van der Waals surface area contributed by atoms with Crippen molar-refractivity contribution in [2.45, 2.75) is 46.3 Å². The molecule has 0 aliphatic heterocycles. The van der Waals surface area contributed by atoms with E-state index in [9.17, 15) is 9.59 Å². The zero-order valence-corrected chi connectivity index (χ0v) is 10.8. The zero-order valence-electron chi connectivity index (χ0n) is 9.25. The normalized spacial score (nSPS) is 11.1. The second kappa shape index (κ2) is 10.1. The van der Waals surface area contributed by atoms with Crippen LogP contribution in [0.1, 0.15) is 34.1 Å². The van der Waals surface area contributed by atoms with Gasteiger partial charge in [0.05, 0.1) is 6.10 Å². The highest BCUT2D eigenvalue weighted by atomic mass is 35.5. The molecule has 0 spiro atoms. The smallest absolute Gasteiger partial charge is 0.404 e. The Morgan fingerprint density at radius 3 is 1.53 bits per heavy atom. The number of ether oxygens (including phenoxy) is 2. The first kappa shape index (κ1) is 16.9. The van der Waals surface area contributed by atoms with Crippen LogP contribution in [0, 0.1) is 0 Å². The minimum absolute atomic E-state index is 0.0556. The Labute approximate surface area is 99.8 Å². The fraction of sp³-hybridized carbons (Fsp3) is 0.778. The molecule has 0 bridgehead atoms. The summed E-state index contributed by atoms with van der Waals surface area (Å²) >= 11 is 9.70. The third kappa shape index (κ3) is 19.8. The number of hydrogen-bond acceptors (Lipinski definition) is 4. The molecule has 0 aliphatic rings. The molecule has 0 aliphatic carbocycles. The Bertz CT molecular complexity index is 195. The maximum Gasteiger partial charge on any atom is 0.404 e. The van der Waals surface area contributed by atoms with Crippen molar-refractivity contribution in [2.75, 3.05) is 0 Å². The van der Waals surface area contributed by atoms with Gasteiger partial charge in [0, 0.05) is 23.2 Å². The van der Waals surface area contributed by atoms with Crippen LogP contribution in [0.4, 0.5) is 9.59 Å². The molecule has 0 N–H and O–H groups in total. The molecule has 90 valence electrons. The van der Waals surface area contributed by atoms with E-state index < -0.39 is 10.9 Å². The second-order valence-corrected chi connectivity index (χ2v) is 3.60. The van der Waals surface area contributed by atoms with E-state index in [1.165, 1.54) is 0 Å². The molecular weight excluding hydrogens is 243 g/mol. The number of carbonyl (C=O) groups is 2. The topological polar surface area (TPSA) is 52.6 Å². The van der Waals surface area contributed by atoms with Crippen molar-refractivity contribution in [3.63, 3.8) is 0 Å². The molecule has 0 aromatic rings. The molecule has 0 amide bonds. The average Bonchev–Trinajstić information content (AvgIpc) is 2.01. The van der Waals surface area contributed by atoms with Crippen LogP contribution in [-0.2, 0) is 9.47 Å². The standard InChI is InChI=1S/C5H9ClO2.C4H7ClO2/c1-3-4(2)8-5(6)7;1-3(2)7-4(5)6/h4H,3H2,1-2H3;3H,1-2H3. The highest BCUT2D eigenvalue weighted by Crippen LogP contribution is 1.98. The van der Waals surface area contributed by atoms with Gasteiger partial charge in [0.2, 0.25) is 0 Å². The third-order valence-electron chi connectivity index (χ3n) is 1.20. The molecule has 0 aromatic carbocycles. The fourth-order valence-electron chi connectivity index (χ4n) is 0.427. The molecule has 6 heteroatoms. The lowest BCUT2D eigenvalue weighted by Crippen LogP contribution is -2.07. The van der Waals surface area contributed by atoms with Crippen molar-refractivity contribution in [1.29, 1.82) is 0 Å². The maximum absolute atomic E-state index is 9.96. The second-order valence-electron chi connectivity index (χ2n) is 2.98. The molecule has 0 heterocycles. The number of hydrogen-bond donors (Lipinski definition) is 0. The molecule has 0 radical (unpaired) electrons. The van der Waals surface area contributed by atoms with Crippen LogP contribution in [0.2, 0.25) is 0 Å². The summed E-state index contributed by atoms with van der Waals surface area (Å²) in [6.45, 7) is 7.19. The van der Waals surface area contributed by atoms with Gasteiger partial charge in [-0.25, -0.2) is 9.59 Å². The summed E-state index contributed by atoms with van der Waals surface area (Å²) in [5, 5.41) is 0. The van der Waals surface area contributed by atoms with Gasteiger partial charge in [0.25, 0.3) is 0 Å². The van der Waals surface area contributed by atoms with Crippen LogP contribution in [0.3, 0.4) is 0 Å². The van der Waals surface area contributed by atoms with Crippen LogP contribution in [0.5, 0.6) is 0 Å². The molecule has 0 aromatic heterocycles. The molecule has 0 rings (SSSR count). The van der Waals surface area contributed by atoms with E-state index in [4.69, 9.17) is 23.2 Å². The Hall–Kier alpha value is -0.480. The van der Waals surface area contributed by atoms with Crippen molar-refractivity contribution < 1.29 is 19.1 Å². The molecular formula is C9H16Cl2O4. The van der Waals surface area contributed by atoms with Gasteiger partial charge in [-0.3, -0.25) is 0 Å². The molecule has 0 saturated carbocycles. The van der Waals surface area contributed by atoms with Gasteiger partial charge in [-0.2, -0.15) is 0 Å². The minimum atomic E-state index is -0.741. The van der Waals surface area contributed by atoms with Crippen LogP contribution >= 0.6 is 23.2 Å². The first-order chi connectivity index (χ1) is 6.79. The van der Waals surface area contributed by atoms with E-state index in [0.29, 0.717) is 0 Å². The summed E-state index contributed by atoms with van der Waals surface area (Å²) in [6.07, 6.45) is 0.642. The van der Waals surface area contributed by atoms with E-state index in [1.807, 2.05) is 6.92 Å². The summed E-state index contributed by atoms with van der Waals surface area (Å²) in [5.74, 6) is 0. The van der Waals surface area contributed by atoms with Gasteiger partial charge in [-0.1, -0.05) is 6.92 Å². The van der Waals surface area contributed by atoms with Crippen LogP contribution in [0.15, 0.2) is 0 Å².